The van der Waals surface area contributed by atoms with E-state index in [1.54, 1.807) is 0 Å². The highest BCUT2D eigenvalue weighted by Gasteiger charge is 2.55. The van der Waals surface area contributed by atoms with Crippen LogP contribution in [0.3, 0.4) is 0 Å². The number of carbonyl (C=O) groups excluding carboxylic acids is 1. The van der Waals surface area contributed by atoms with Crippen molar-refractivity contribution in [2.24, 2.45) is 0 Å². The van der Waals surface area contributed by atoms with Crippen LogP contribution in [0, 0.1) is 0 Å². The number of aliphatic hydroxyl groups excluding tert-OH is 2. The predicted molar refractivity (Wildman–Crippen MR) is 107 cm³/mol. The fourth-order valence-electron chi connectivity index (χ4n) is 2.23. The minimum absolute atomic E-state index is 0.0745. The molecule has 6 nitrogen and oxygen atoms in total. The molecule has 0 aromatic rings. The van der Waals surface area contributed by atoms with Crippen molar-refractivity contribution in [3.63, 3.8) is 0 Å². The van der Waals surface area contributed by atoms with Crippen LogP contribution in [-0.4, -0.2) is 63.8 Å². The molecule has 1 heterocycles. The van der Waals surface area contributed by atoms with Crippen LogP contribution in [0.5, 0.6) is 0 Å². The van der Waals surface area contributed by atoms with Crippen molar-refractivity contribution >= 4 is 22.6 Å². The Labute approximate surface area is 160 Å². The summed E-state index contributed by atoms with van der Waals surface area (Å²) in [6.07, 6.45) is -3.71. The van der Waals surface area contributed by atoms with Crippen LogP contribution < -0.4 is 0 Å². The number of esters is 1. The van der Waals surface area contributed by atoms with Crippen LogP contribution in [0.15, 0.2) is 0 Å². The molecule has 0 saturated carbocycles. The molecular formula is C18H38O6Si2. The second kappa shape index (κ2) is 7.64. The van der Waals surface area contributed by atoms with Crippen LogP contribution in [0.25, 0.3) is 0 Å². The molecular weight excluding hydrogens is 368 g/mol. The number of ether oxygens (including phenoxy) is 1. The topological polar surface area (TPSA) is 85.2 Å². The average Bonchev–Trinajstić information content (AvgIpc) is 2.72. The summed E-state index contributed by atoms with van der Waals surface area (Å²) < 4.78 is 18.2. The summed E-state index contributed by atoms with van der Waals surface area (Å²) in [6, 6.07) is 0. The first-order valence-corrected chi connectivity index (χ1v) is 15.1. The molecule has 154 valence electrons. The number of hydrogen-bond acceptors (Lipinski definition) is 6. The third-order valence-electron chi connectivity index (χ3n) is 6.14. The van der Waals surface area contributed by atoms with E-state index >= 15 is 0 Å². The second-order valence-corrected chi connectivity index (χ2v) is 19.8. The van der Waals surface area contributed by atoms with Gasteiger partial charge in [0.25, 0.3) is 0 Å². The van der Waals surface area contributed by atoms with Gasteiger partial charge >= 0.3 is 5.97 Å². The zero-order valence-electron chi connectivity index (χ0n) is 18.0. The van der Waals surface area contributed by atoms with Gasteiger partial charge in [0.2, 0.25) is 0 Å². The maximum Gasteiger partial charge on any atom is 0.337 e. The van der Waals surface area contributed by atoms with Crippen molar-refractivity contribution in [1.82, 2.24) is 0 Å². The van der Waals surface area contributed by atoms with Gasteiger partial charge in [0, 0.05) is 0 Å². The van der Waals surface area contributed by atoms with E-state index < -0.39 is 53.6 Å². The molecule has 8 heteroatoms. The van der Waals surface area contributed by atoms with E-state index in [0.29, 0.717) is 0 Å². The normalized spacial score (nSPS) is 26.8. The number of carbonyl (C=O) groups is 1. The maximum absolute atomic E-state index is 12.6. The van der Waals surface area contributed by atoms with Gasteiger partial charge in [-0.25, -0.2) is 4.79 Å². The zero-order valence-corrected chi connectivity index (χ0v) is 20.0. The molecule has 1 rings (SSSR count). The Bertz CT molecular complexity index is 507. The van der Waals surface area contributed by atoms with E-state index in [1.165, 1.54) is 0 Å². The molecule has 1 saturated heterocycles. The molecule has 0 unspecified atom stereocenters. The monoisotopic (exact) mass is 406 g/mol. The molecule has 0 spiro atoms. The molecule has 1 fully saturated rings. The Balaban J connectivity index is 3.23. The first-order valence-electron chi connectivity index (χ1n) is 9.29. The van der Waals surface area contributed by atoms with E-state index in [2.05, 4.69) is 67.7 Å². The van der Waals surface area contributed by atoms with Crippen molar-refractivity contribution in [3.8, 4) is 0 Å². The van der Waals surface area contributed by atoms with Gasteiger partial charge in [0.1, 0.15) is 12.2 Å². The van der Waals surface area contributed by atoms with E-state index in [1.807, 2.05) is 0 Å². The van der Waals surface area contributed by atoms with Crippen molar-refractivity contribution in [3.05, 3.63) is 0 Å². The lowest BCUT2D eigenvalue weighted by Crippen LogP contribution is -2.55. The zero-order chi connectivity index (χ0) is 20.7. The van der Waals surface area contributed by atoms with Crippen LogP contribution in [-0.2, 0) is 18.4 Å². The van der Waals surface area contributed by atoms with Gasteiger partial charge in [-0.3, -0.25) is 0 Å². The molecule has 0 aromatic heterocycles. The van der Waals surface area contributed by atoms with Crippen LogP contribution >= 0.6 is 0 Å². The maximum atomic E-state index is 12.6. The molecule has 2 N–H and O–H groups in total. The summed E-state index contributed by atoms with van der Waals surface area (Å²) in [4.78, 5) is 12.6. The fraction of sp³-hybridized carbons (Fsp3) is 0.944. The highest BCUT2D eigenvalue weighted by Crippen LogP contribution is 2.42. The summed E-state index contributed by atoms with van der Waals surface area (Å²) in [5.41, 5.74) is 0. The third kappa shape index (κ3) is 4.96. The van der Waals surface area contributed by atoms with Crippen LogP contribution in [0.2, 0.25) is 36.3 Å². The quantitative estimate of drug-likeness (QED) is 0.521. The van der Waals surface area contributed by atoms with Crippen molar-refractivity contribution < 1.29 is 28.6 Å². The number of aliphatic hydroxyl groups is 2. The van der Waals surface area contributed by atoms with Crippen molar-refractivity contribution in [1.29, 1.82) is 0 Å². The lowest BCUT2D eigenvalue weighted by atomic mass is 10.1. The molecule has 0 aromatic carbocycles. The van der Waals surface area contributed by atoms with E-state index in [-0.39, 0.29) is 10.1 Å². The molecule has 0 radical (unpaired) electrons. The third-order valence-corrected chi connectivity index (χ3v) is 15.1. The Morgan fingerprint density at radius 3 is 1.81 bits per heavy atom. The van der Waals surface area contributed by atoms with E-state index in [9.17, 15) is 15.0 Å². The first-order chi connectivity index (χ1) is 11.4. The van der Waals surface area contributed by atoms with Gasteiger partial charge in [0.15, 0.2) is 28.8 Å². The second-order valence-electron chi connectivity index (χ2n) is 10.3. The number of rotatable bonds is 6. The van der Waals surface area contributed by atoms with Gasteiger partial charge in [-0.05, 0) is 36.3 Å². The molecule has 4 atom stereocenters. The minimum atomic E-state index is -2.26. The molecule has 1 aliphatic heterocycles. The van der Waals surface area contributed by atoms with Crippen LogP contribution in [0.1, 0.15) is 41.5 Å². The smallest absolute Gasteiger partial charge is 0.337 e. The number of cyclic esters (lactones) is 1. The van der Waals surface area contributed by atoms with E-state index in [0.717, 1.165) is 0 Å². The summed E-state index contributed by atoms with van der Waals surface area (Å²) in [5, 5.41) is 19.4. The largest absolute Gasteiger partial charge is 0.455 e. The summed E-state index contributed by atoms with van der Waals surface area (Å²) >= 11 is 0. The van der Waals surface area contributed by atoms with Crippen LogP contribution in [0.4, 0.5) is 0 Å². The van der Waals surface area contributed by atoms with Gasteiger partial charge in [-0.1, -0.05) is 41.5 Å². The summed E-state index contributed by atoms with van der Waals surface area (Å²) in [7, 11) is -4.51. The SMILES string of the molecule is CC(C)(C)[Si](C)(C)O[C@H]1[C@@H]([C@H](O)CO)OC(=O)[C@@H]1O[Si](C)(C)C(C)(C)C. The molecule has 0 amide bonds. The molecule has 0 aliphatic carbocycles. The Morgan fingerprint density at radius 1 is 1.00 bits per heavy atom. The van der Waals surface area contributed by atoms with Crippen molar-refractivity contribution in [2.45, 2.75) is 102 Å². The minimum Gasteiger partial charge on any atom is -0.455 e. The van der Waals surface area contributed by atoms with Gasteiger partial charge in [-0.15, -0.1) is 0 Å². The number of hydrogen-bond donors (Lipinski definition) is 2. The average molecular weight is 407 g/mol. The highest BCUT2D eigenvalue weighted by molar-refractivity contribution is 6.74. The van der Waals surface area contributed by atoms with E-state index in [4.69, 9.17) is 13.6 Å². The van der Waals surface area contributed by atoms with Gasteiger partial charge < -0.3 is 23.8 Å². The standard InChI is InChI=1S/C18H38O6Si2/c1-17(2,3)25(7,8)23-14-13(12(20)11-19)22-16(21)15(14)24-26(9,10)18(4,5)6/h12-15,19-20H,11H2,1-10H3/t12-,13-,14+,15-/m1/s1. The van der Waals surface area contributed by atoms with Crippen molar-refractivity contribution in [2.75, 3.05) is 6.61 Å². The Kier molecular flexibility index (Phi) is 6.98. The highest BCUT2D eigenvalue weighted by atomic mass is 28.4. The van der Waals surface area contributed by atoms with Gasteiger partial charge in [-0.2, -0.15) is 0 Å². The fourth-order valence-corrected chi connectivity index (χ4v) is 4.74. The first kappa shape index (κ1) is 23.8. The Hall–Kier alpha value is -0.256. The molecule has 26 heavy (non-hydrogen) atoms. The molecule has 1 aliphatic rings. The lowest BCUT2D eigenvalue weighted by molar-refractivity contribution is -0.151. The lowest BCUT2D eigenvalue weighted by Gasteiger charge is -2.42. The van der Waals surface area contributed by atoms with Gasteiger partial charge in [0.05, 0.1) is 6.61 Å². The summed E-state index contributed by atoms with van der Waals surface area (Å²) in [6.45, 7) is 20.4. The molecule has 0 bridgehead atoms. The Morgan fingerprint density at radius 2 is 1.42 bits per heavy atom. The predicted octanol–water partition coefficient (Wildman–Crippen LogP) is 3.05. The summed E-state index contributed by atoms with van der Waals surface area (Å²) in [5.74, 6) is -0.518.